The summed E-state index contributed by atoms with van der Waals surface area (Å²) in [6, 6.07) is 17.3. The zero-order valence-electron chi connectivity index (χ0n) is 20.7. The van der Waals surface area contributed by atoms with E-state index in [1.165, 1.54) is 24.3 Å². The van der Waals surface area contributed by atoms with Crippen LogP contribution in [-0.4, -0.2) is 71.0 Å². The van der Waals surface area contributed by atoms with E-state index >= 15 is 0 Å². The lowest BCUT2D eigenvalue weighted by Crippen LogP contribution is -2.49. The third-order valence-corrected chi connectivity index (χ3v) is 9.12. The molecule has 0 bridgehead atoms. The van der Waals surface area contributed by atoms with Gasteiger partial charge in [-0.3, -0.25) is 4.90 Å². The molecule has 0 saturated carbocycles. The first-order valence-corrected chi connectivity index (χ1v) is 14.2. The molecule has 0 aromatic heterocycles. The second kappa shape index (κ2) is 11.9. The van der Waals surface area contributed by atoms with Crippen LogP contribution in [0.2, 0.25) is 10.0 Å². The normalized spacial score (nSPS) is 15.4. The van der Waals surface area contributed by atoms with Gasteiger partial charge in [-0.1, -0.05) is 53.0 Å². The molecule has 0 aliphatic carbocycles. The Morgan fingerprint density at radius 1 is 0.919 bits per heavy atom. The number of aryl methyl sites for hydroxylation is 1. The van der Waals surface area contributed by atoms with Crippen LogP contribution >= 0.6 is 23.2 Å². The second-order valence-corrected chi connectivity index (χ2v) is 11.6. The molecule has 1 unspecified atom stereocenters. The summed E-state index contributed by atoms with van der Waals surface area (Å²) >= 11 is 12.7. The number of aliphatic hydroxyl groups is 1. The Bertz CT molecular complexity index is 1330. The zero-order chi connectivity index (χ0) is 26.6. The molecule has 10 heteroatoms. The molecule has 1 atom stereocenters. The quantitative estimate of drug-likeness (QED) is 0.403. The summed E-state index contributed by atoms with van der Waals surface area (Å²) in [6.07, 6.45) is -0.761. The van der Waals surface area contributed by atoms with Crippen LogP contribution in [0.3, 0.4) is 0 Å². The van der Waals surface area contributed by atoms with E-state index in [0.29, 0.717) is 6.54 Å². The van der Waals surface area contributed by atoms with Crippen LogP contribution in [0.15, 0.2) is 70.5 Å². The summed E-state index contributed by atoms with van der Waals surface area (Å²) in [5.74, 6) is 1.06. The first-order chi connectivity index (χ1) is 17.7. The SMILES string of the molecule is COc1ccccc1N1CCN(CC(O)COc2ccc(S(=O)(=O)c3ccc(C)cc3)c(Cl)c2Cl)CC1. The maximum Gasteiger partial charge on any atom is 0.208 e. The van der Waals surface area contributed by atoms with Crippen molar-refractivity contribution in [3.8, 4) is 11.5 Å². The summed E-state index contributed by atoms with van der Waals surface area (Å²) in [5, 5.41) is 10.5. The molecule has 7 nitrogen and oxygen atoms in total. The van der Waals surface area contributed by atoms with Crippen molar-refractivity contribution >= 4 is 38.7 Å². The third-order valence-electron chi connectivity index (χ3n) is 6.33. The number of halogens is 2. The molecule has 1 fully saturated rings. The molecule has 3 aromatic carbocycles. The average molecular weight is 566 g/mol. The number of anilines is 1. The number of aliphatic hydroxyl groups excluding tert-OH is 1. The lowest BCUT2D eigenvalue weighted by atomic mass is 10.2. The van der Waals surface area contributed by atoms with Crippen LogP contribution in [0.1, 0.15) is 5.56 Å². The van der Waals surface area contributed by atoms with Gasteiger partial charge in [0.05, 0.1) is 27.6 Å². The van der Waals surface area contributed by atoms with Crippen LogP contribution in [0.5, 0.6) is 11.5 Å². The number of β-amino-alcohol motifs (C(OH)–C–C–N with tert-alkyl or cyclic N) is 1. The molecule has 3 aromatic rings. The van der Waals surface area contributed by atoms with Crippen molar-refractivity contribution in [1.29, 1.82) is 0 Å². The van der Waals surface area contributed by atoms with E-state index in [0.717, 1.165) is 43.2 Å². The van der Waals surface area contributed by atoms with Crippen molar-refractivity contribution in [3.05, 3.63) is 76.3 Å². The van der Waals surface area contributed by atoms with E-state index in [4.69, 9.17) is 32.7 Å². The summed E-state index contributed by atoms with van der Waals surface area (Å²) in [7, 11) is -2.18. The van der Waals surface area contributed by atoms with Crippen molar-refractivity contribution in [2.45, 2.75) is 22.8 Å². The number of piperazine rings is 1. The average Bonchev–Trinajstić information content (AvgIpc) is 2.90. The van der Waals surface area contributed by atoms with Gasteiger partial charge in [-0.15, -0.1) is 0 Å². The fourth-order valence-electron chi connectivity index (χ4n) is 4.28. The number of ether oxygens (including phenoxy) is 2. The van der Waals surface area contributed by atoms with E-state index in [1.54, 1.807) is 19.2 Å². The number of hydrogen-bond donors (Lipinski definition) is 1. The molecule has 0 spiro atoms. The van der Waals surface area contributed by atoms with Gasteiger partial charge in [0.2, 0.25) is 9.84 Å². The maximum absolute atomic E-state index is 13.0. The Balaban J connectivity index is 1.33. The summed E-state index contributed by atoms with van der Waals surface area (Å²) in [6.45, 7) is 5.50. The molecule has 1 saturated heterocycles. The molecular weight excluding hydrogens is 535 g/mol. The molecule has 1 heterocycles. The number of methoxy groups -OCH3 is 1. The van der Waals surface area contributed by atoms with Gasteiger partial charge in [0.25, 0.3) is 0 Å². The highest BCUT2D eigenvalue weighted by atomic mass is 35.5. The topological polar surface area (TPSA) is 79.3 Å². The van der Waals surface area contributed by atoms with Crippen molar-refractivity contribution in [2.24, 2.45) is 0 Å². The van der Waals surface area contributed by atoms with Gasteiger partial charge in [-0.25, -0.2) is 8.42 Å². The smallest absolute Gasteiger partial charge is 0.208 e. The van der Waals surface area contributed by atoms with Crippen LogP contribution in [-0.2, 0) is 9.84 Å². The first kappa shape index (κ1) is 27.5. The molecule has 0 radical (unpaired) electrons. The fraction of sp³-hybridized carbons (Fsp3) is 0.333. The van der Waals surface area contributed by atoms with Crippen molar-refractivity contribution in [1.82, 2.24) is 4.90 Å². The molecule has 1 aliphatic rings. The van der Waals surface area contributed by atoms with Crippen molar-refractivity contribution < 1.29 is 23.0 Å². The number of para-hydroxylation sites is 2. The van der Waals surface area contributed by atoms with Crippen LogP contribution in [0, 0.1) is 6.92 Å². The molecule has 1 N–H and O–H groups in total. The summed E-state index contributed by atoms with van der Waals surface area (Å²) in [4.78, 5) is 4.48. The number of benzene rings is 3. The van der Waals surface area contributed by atoms with Gasteiger partial charge in [-0.2, -0.15) is 0 Å². The van der Waals surface area contributed by atoms with Gasteiger partial charge in [-0.05, 0) is 43.3 Å². The molecular formula is C27H30Cl2N2O5S. The van der Waals surface area contributed by atoms with E-state index in [-0.39, 0.29) is 32.2 Å². The number of sulfone groups is 1. The highest BCUT2D eigenvalue weighted by Crippen LogP contribution is 2.39. The fourth-order valence-corrected chi connectivity index (χ4v) is 6.35. The lowest BCUT2D eigenvalue weighted by Gasteiger charge is -2.37. The highest BCUT2D eigenvalue weighted by molar-refractivity contribution is 7.91. The Labute approximate surface area is 228 Å². The number of hydrogen-bond acceptors (Lipinski definition) is 7. The Kier molecular flexibility index (Phi) is 8.87. The van der Waals surface area contributed by atoms with Crippen LogP contribution in [0.4, 0.5) is 5.69 Å². The van der Waals surface area contributed by atoms with Gasteiger partial charge >= 0.3 is 0 Å². The van der Waals surface area contributed by atoms with Gasteiger partial charge in [0, 0.05) is 32.7 Å². The predicted octanol–water partition coefficient (Wildman–Crippen LogP) is 4.71. The monoisotopic (exact) mass is 564 g/mol. The zero-order valence-corrected chi connectivity index (χ0v) is 23.1. The first-order valence-electron chi connectivity index (χ1n) is 11.9. The molecule has 37 heavy (non-hydrogen) atoms. The van der Waals surface area contributed by atoms with E-state index in [2.05, 4.69) is 9.80 Å². The molecule has 4 rings (SSSR count). The largest absolute Gasteiger partial charge is 0.495 e. The molecule has 0 amide bonds. The standard InChI is InChI=1S/C27H30Cl2N2O5S/c1-19-7-9-21(10-8-19)37(33,34)25-12-11-24(26(28)27(25)29)36-18-20(32)17-30-13-15-31(16-14-30)22-5-3-4-6-23(22)35-2/h3-12,20,32H,13-18H2,1-2H3. The minimum absolute atomic E-state index is 0.00697. The Hall–Kier alpha value is -2.49. The van der Waals surface area contributed by atoms with E-state index in [1.807, 2.05) is 31.2 Å². The molecule has 1 aliphatic heterocycles. The minimum atomic E-state index is -3.85. The van der Waals surface area contributed by atoms with Crippen LogP contribution in [0.25, 0.3) is 0 Å². The van der Waals surface area contributed by atoms with E-state index in [9.17, 15) is 13.5 Å². The Morgan fingerprint density at radius 3 is 2.27 bits per heavy atom. The lowest BCUT2D eigenvalue weighted by molar-refractivity contribution is 0.0663. The number of nitrogens with zero attached hydrogens (tertiary/aromatic N) is 2. The van der Waals surface area contributed by atoms with Crippen molar-refractivity contribution in [3.63, 3.8) is 0 Å². The Morgan fingerprint density at radius 2 is 1.59 bits per heavy atom. The minimum Gasteiger partial charge on any atom is -0.495 e. The van der Waals surface area contributed by atoms with Gasteiger partial charge in [0.15, 0.2) is 0 Å². The van der Waals surface area contributed by atoms with Crippen LogP contribution < -0.4 is 14.4 Å². The second-order valence-electron chi connectivity index (χ2n) is 8.93. The van der Waals surface area contributed by atoms with Gasteiger partial charge in [0.1, 0.15) is 29.2 Å². The summed E-state index contributed by atoms with van der Waals surface area (Å²) < 4.78 is 37.2. The highest BCUT2D eigenvalue weighted by Gasteiger charge is 2.25. The van der Waals surface area contributed by atoms with Gasteiger partial charge < -0.3 is 19.5 Å². The predicted molar refractivity (Wildman–Crippen MR) is 146 cm³/mol. The number of rotatable bonds is 9. The van der Waals surface area contributed by atoms with Crippen molar-refractivity contribution in [2.75, 3.05) is 51.3 Å². The molecule has 198 valence electrons. The third kappa shape index (κ3) is 6.33. The van der Waals surface area contributed by atoms with E-state index < -0.39 is 15.9 Å². The summed E-state index contributed by atoms with van der Waals surface area (Å²) in [5.41, 5.74) is 2.01. The maximum atomic E-state index is 13.0.